The number of carbonyl (C=O) groups is 2. The van der Waals surface area contributed by atoms with E-state index < -0.39 is 12.0 Å². The molecular formula is C26H31ClN4O3. The smallest absolute Gasteiger partial charge is 0.325 e. The van der Waals surface area contributed by atoms with Crippen molar-refractivity contribution in [2.75, 3.05) is 38.0 Å². The Morgan fingerprint density at radius 3 is 2.71 bits per heavy atom. The summed E-state index contributed by atoms with van der Waals surface area (Å²) in [6, 6.07) is 10.6. The molecule has 2 N–H and O–H groups in total. The number of amides is 1. The quantitative estimate of drug-likeness (QED) is 0.671. The molecule has 1 aromatic carbocycles. The molecule has 3 aliphatic rings. The molecule has 2 saturated heterocycles. The number of hydrogen-bond acceptors (Lipinski definition) is 5. The van der Waals surface area contributed by atoms with E-state index in [9.17, 15) is 14.7 Å². The summed E-state index contributed by atoms with van der Waals surface area (Å²) in [5.41, 5.74) is 3.07. The fourth-order valence-electron chi connectivity index (χ4n) is 5.63. The largest absolute Gasteiger partial charge is 0.480 e. The Morgan fingerprint density at radius 2 is 1.94 bits per heavy atom. The maximum atomic E-state index is 13.3. The molecule has 2 aromatic rings. The van der Waals surface area contributed by atoms with Crippen LogP contribution in [0.1, 0.15) is 54.5 Å². The van der Waals surface area contributed by atoms with Crippen LogP contribution >= 0.6 is 11.6 Å². The molecule has 8 heteroatoms. The van der Waals surface area contributed by atoms with Gasteiger partial charge in [-0.3, -0.25) is 14.5 Å². The summed E-state index contributed by atoms with van der Waals surface area (Å²) < 4.78 is 0. The fourth-order valence-corrected chi connectivity index (χ4v) is 5.83. The Labute approximate surface area is 205 Å². The van der Waals surface area contributed by atoms with Gasteiger partial charge in [-0.25, -0.2) is 4.98 Å². The Kier molecular flexibility index (Phi) is 6.75. The minimum atomic E-state index is -0.914. The molecule has 7 nitrogen and oxygen atoms in total. The van der Waals surface area contributed by atoms with Crippen molar-refractivity contribution in [3.63, 3.8) is 0 Å². The molecular weight excluding hydrogens is 452 g/mol. The van der Waals surface area contributed by atoms with Gasteiger partial charge in [0.2, 0.25) is 5.91 Å². The van der Waals surface area contributed by atoms with Crippen LogP contribution < -0.4 is 5.32 Å². The van der Waals surface area contributed by atoms with Gasteiger partial charge in [-0.1, -0.05) is 29.8 Å². The average molecular weight is 483 g/mol. The zero-order chi connectivity index (χ0) is 23.7. The molecule has 0 saturated carbocycles. The second-order valence-corrected chi connectivity index (χ2v) is 10.1. The van der Waals surface area contributed by atoms with E-state index >= 15 is 0 Å². The number of aliphatic carboxylic acids is 1. The normalized spacial score (nSPS) is 22.1. The van der Waals surface area contributed by atoms with E-state index in [1.165, 1.54) is 5.56 Å². The van der Waals surface area contributed by atoms with Crippen molar-refractivity contribution in [2.24, 2.45) is 5.92 Å². The van der Waals surface area contributed by atoms with Crippen molar-refractivity contribution in [2.45, 2.75) is 44.1 Å². The lowest BCUT2D eigenvalue weighted by Crippen LogP contribution is -2.42. The van der Waals surface area contributed by atoms with Crippen molar-refractivity contribution in [3.05, 3.63) is 58.2 Å². The Hall–Kier alpha value is -2.64. The van der Waals surface area contributed by atoms with Gasteiger partial charge in [-0.2, -0.15) is 0 Å². The zero-order valence-corrected chi connectivity index (χ0v) is 20.0. The van der Waals surface area contributed by atoms with Crippen LogP contribution in [0.4, 0.5) is 5.82 Å². The Balaban J connectivity index is 1.19. The first-order valence-electron chi connectivity index (χ1n) is 12.2. The highest BCUT2D eigenvalue weighted by molar-refractivity contribution is 6.30. The number of halogens is 1. The standard InChI is InChI=1S/C26H31ClN4O3/c27-21-5-1-3-19(15-21)23(26(33)34)31-14-10-20(16-31)25(32)30-12-8-17(9-13-30)22-7-6-18-4-2-11-28-24(18)29-22/h1,3,5-7,15,17,20,23H,2,4,8-14,16H2,(H,28,29)(H,33,34)/t20-,23?/m1/s1. The van der Waals surface area contributed by atoms with Gasteiger partial charge >= 0.3 is 5.97 Å². The van der Waals surface area contributed by atoms with Crippen molar-refractivity contribution in [1.29, 1.82) is 0 Å². The molecule has 34 heavy (non-hydrogen) atoms. The van der Waals surface area contributed by atoms with Gasteiger partial charge in [0.05, 0.1) is 5.92 Å². The Bertz CT molecular complexity index is 1070. The highest BCUT2D eigenvalue weighted by Crippen LogP contribution is 2.33. The van der Waals surface area contributed by atoms with E-state index in [-0.39, 0.29) is 11.8 Å². The first-order chi connectivity index (χ1) is 16.5. The maximum absolute atomic E-state index is 13.3. The number of fused-ring (bicyclic) bond motifs is 1. The predicted octanol–water partition coefficient (Wildman–Crippen LogP) is 3.95. The number of nitrogens with one attached hydrogen (secondary N) is 1. The predicted molar refractivity (Wildman–Crippen MR) is 131 cm³/mol. The molecule has 1 aromatic heterocycles. The number of piperidine rings is 1. The number of anilines is 1. The van der Waals surface area contributed by atoms with Crippen LogP contribution in [0.2, 0.25) is 5.02 Å². The molecule has 0 bridgehead atoms. The van der Waals surface area contributed by atoms with E-state index in [1.807, 2.05) is 9.80 Å². The van der Waals surface area contributed by atoms with Gasteiger partial charge in [0, 0.05) is 49.4 Å². The first-order valence-corrected chi connectivity index (χ1v) is 12.6. The van der Waals surface area contributed by atoms with Gasteiger partial charge in [-0.05, 0) is 61.4 Å². The summed E-state index contributed by atoms with van der Waals surface area (Å²) in [6.45, 7) is 3.48. The van der Waals surface area contributed by atoms with Crippen molar-refractivity contribution < 1.29 is 14.7 Å². The molecule has 2 fully saturated rings. The molecule has 1 amide bonds. The SMILES string of the molecule is O=C(O)C(c1cccc(Cl)c1)N1CC[C@@H](C(=O)N2CCC(c3ccc4c(n3)NCCC4)CC2)C1. The van der Waals surface area contributed by atoms with Gasteiger partial charge in [0.25, 0.3) is 0 Å². The number of carboxylic acids is 1. The summed E-state index contributed by atoms with van der Waals surface area (Å²) in [4.78, 5) is 34.1. The lowest BCUT2D eigenvalue weighted by Gasteiger charge is -2.34. The van der Waals surface area contributed by atoms with Gasteiger partial charge < -0.3 is 15.3 Å². The van der Waals surface area contributed by atoms with Crippen LogP contribution in [0.25, 0.3) is 0 Å². The molecule has 2 atom stereocenters. The minimum absolute atomic E-state index is 0.149. The topological polar surface area (TPSA) is 85.8 Å². The monoisotopic (exact) mass is 482 g/mol. The minimum Gasteiger partial charge on any atom is -0.480 e. The van der Waals surface area contributed by atoms with E-state index in [0.717, 1.165) is 56.8 Å². The summed E-state index contributed by atoms with van der Waals surface area (Å²) in [5, 5.41) is 13.8. The molecule has 5 rings (SSSR count). The number of aryl methyl sites for hydroxylation is 1. The zero-order valence-electron chi connectivity index (χ0n) is 19.3. The number of aromatic nitrogens is 1. The maximum Gasteiger partial charge on any atom is 0.325 e. The first kappa shape index (κ1) is 23.1. The Morgan fingerprint density at radius 1 is 1.12 bits per heavy atom. The van der Waals surface area contributed by atoms with Crippen LogP contribution in [0, 0.1) is 5.92 Å². The lowest BCUT2D eigenvalue weighted by molar-refractivity contribution is -0.144. The summed E-state index contributed by atoms with van der Waals surface area (Å²) >= 11 is 6.09. The molecule has 0 aliphatic carbocycles. The highest BCUT2D eigenvalue weighted by atomic mass is 35.5. The van der Waals surface area contributed by atoms with Crippen molar-refractivity contribution in [1.82, 2.24) is 14.8 Å². The number of hydrogen-bond donors (Lipinski definition) is 2. The average Bonchev–Trinajstić information content (AvgIpc) is 3.33. The molecule has 3 aliphatic heterocycles. The third kappa shape index (κ3) is 4.77. The fraction of sp³-hybridized carbons (Fsp3) is 0.500. The van der Waals surface area contributed by atoms with Crippen LogP contribution in [0.15, 0.2) is 36.4 Å². The summed E-state index contributed by atoms with van der Waals surface area (Å²) in [6.07, 6.45) is 4.74. The molecule has 0 radical (unpaired) electrons. The molecule has 1 unspecified atom stereocenters. The van der Waals surface area contributed by atoms with Crippen molar-refractivity contribution >= 4 is 29.3 Å². The number of carbonyl (C=O) groups excluding carboxylic acids is 1. The van der Waals surface area contributed by atoms with E-state index in [2.05, 4.69) is 17.4 Å². The summed E-state index contributed by atoms with van der Waals surface area (Å²) in [5.74, 6) is 0.474. The third-order valence-corrected chi connectivity index (χ3v) is 7.71. The van der Waals surface area contributed by atoms with Gasteiger partial charge in [0.15, 0.2) is 0 Å². The van der Waals surface area contributed by atoms with Crippen molar-refractivity contribution in [3.8, 4) is 0 Å². The second-order valence-electron chi connectivity index (χ2n) is 9.65. The summed E-state index contributed by atoms with van der Waals surface area (Å²) in [7, 11) is 0. The number of rotatable bonds is 5. The van der Waals surface area contributed by atoms with E-state index in [4.69, 9.17) is 16.6 Å². The number of pyridine rings is 1. The number of likely N-dealkylation sites (tertiary alicyclic amines) is 2. The molecule has 4 heterocycles. The number of benzene rings is 1. The van der Waals surface area contributed by atoms with E-state index in [0.29, 0.717) is 36.0 Å². The van der Waals surface area contributed by atoms with E-state index in [1.54, 1.807) is 24.3 Å². The highest BCUT2D eigenvalue weighted by Gasteiger charge is 2.38. The van der Waals surface area contributed by atoms with Crippen LogP contribution in [-0.4, -0.2) is 64.5 Å². The third-order valence-electron chi connectivity index (χ3n) is 7.47. The van der Waals surface area contributed by atoms with Crippen LogP contribution in [-0.2, 0) is 16.0 Å². The number of carboxylic acid groups (broad SMARTS) is 1. The molecule has 0 spiro atoms. The van der Waals surface area contributed by atoms with Crippen LogP contribution in [0.5, 0.6) is 0 Å². The molecule has 180 valence electrons. The lowest BCUT2D eigenvalue weighted by atomic mass is 9.91. The van der Waals surface area contributed by atoms with Crippen LogP contribution in [0.3, 0.4) is 0 Å². The van der Waals surface area contributed by atoms with Gasteiger partial charge in [0.1, 0.15) is 11.9 Å². The number of nitrogens with zero attached hydrogens (tertiary/aromatic N) is 3. The van der Waals surface area contributed by atoms with Gasteiger partial charge in [-0.15, -0.1) is 0 Å². The second kappa shape index (κ2) is 9.92.